The van der Waals surface area contributed by atoms with Crippen LogP contribution in [0, 0.1) is 5.82 Å². The van der Waals surface area contributed by atoms with E-state index in [1.165, 1.54) is 12.1 Å². The highest BCUT2D eigenvalue weighted by Gasteiger charge is 2.08. The summed E-state index contributed by atoms with van der Waals surface area (Å²) in [5.41, 5.74) is 5.36. The average Bonchev–Trinajstić information content (AvgIpc) is 2.21. The van der Waals surface area contributed by atoms with Crippen LogP contribution in [-0.4, -0.2) is 18.6 Å². The highest BCUT2D eigenvalue weighted by molar-refractivity contribution is 5.90. The van der Waals surface area contributed by atoms with Crippen LogP contribution in [0.5, 0.6) is 5.75 Å². The molecule has 0 saturated heterocycles. The van der Waals surface area contributed by atoms with E-state index >= 15 is 0 Å². The first-order valence-electron chi connectivity index (χ1n) is 5.49. The van der Waals surface area contributed by atoms with Crippen LogP contribution in [0.2, 0.25) is 0 Å². The molecule has 4 nitrogen and oxygen atoms in total. The molecular formula is C12H17FN2O2. The van der Waals surface area contributed by atoms with Crippen LogP contribution in [0.3, 0.4) is 0 Å². The molecule has 5 heteroatoms. The standard InChI is InChI=1S/C12H17FN2O2/c1-8(2)17-9-3-4-11(10(13)7-9)15-12(16)5-6-14/h3-4,7-8H,5-6,14H2,1-2H3,(H,15,16). The number of carbonyl (C=O) groups excluding carboxylic acids is 1. The molecule has 0 fully saturated rings. The van der Waals surface area contributed by atoms with E-state index in [1.807, 2.05) is 13.8 Å². The lowest BCUT2D eigenvalue weighted by Crippen LogP contribution is -2.17. The van der Waals surface area contributed by atoms with Gasteiger partial charge in [0.2, 0.25) is 5.91 Å². The van der Waals surface area contributed by atoms with Crippen molar-refractivity contribution in [2.75, 3.05) is 11.9 Å². The largest absolute Gasteiger partial charge is 0.491 e. The zero-order valence-electron chi connectivity index (χ0n) is 10.00. The second-order valence-electron chi connectivity index (χ2n) is 3.90. The molecule has 0 unspecified atom stereocenters. The summed E-state index contributed by atoms with van der Waals surface area (Å²) < 4.78 is 18.9. The van der Waals surface area contributed by atoms with Crippen LogP contribution in [0.4, 0.5) is 10.1 Å². The first-order valence-corrected chi connectivity index (χ1v) is 5.49. The van der Waals surface area contributed by atoms with Crippen molar-refractivity contribution in [3.63, 3.8) is 0 Å². The van der Waals surface area contributed by atoms with Crippen LogP contribution < -0.4 is 15.8 Å². The number of nitrogens with two attached hydrogens (primary N) is 1. The van der Waals surface area contributed by atoms with Gasteiger partial charge in [-0.2, -0.15) is 0 Å². The Hall–Kier alpha value is -1.62. The van der Waals surface area contributed by atoms with Crippen molar-refractivity contribution in [2.45, 2.75) is 26.4 Å². The van der Waals surface area contributed by atoms with Crippen molar-refractivity contribution in [3.05, 3.63) is 24.0 Å². The normalized spacial score (nSPS) is 10.4. The van der Waals surface area contributed by atoms with Crippen molar-refractivity contribution in [1.82, 2.24) is 0 Å². The van der Waals surface area contributed by atoms with Crippen molar-refractivity contribution in [3.8, 4) is 5.75 Å². The van der Waals surface area contributed by atoms with Crippen LogP contribution >= 0.6 is 0 Å². The molecule has 0 aliphatic heterocycles. The molecule has 0 saturated carbocycles. The predicted octanol–water partition coefficient (Wildman–Crippen LogP) is 1.90. The quantitative estimate of drug-likeness (QED) is 0.826. The number of nitrogens with one attached hydrogen (secondary N) is 1. The van der Waals surface area contributed by atoms with Crippen LogP contribution in [0.25, 0.3) is 0 Å². The Morgan fingerprint density at radius 2 is 2.24 bits per heavy atom. The molecule has 0 spiro atoms. The van der Waals surface area contributed by atoms with E-state index in [9.17, 15) is 9.18 Å². The Morgan fingerprint density at radius 1 is 1.53 bits per heavy atom. The highest BCUT2D eigenvalue weighted by atomic mass is 19.1. The third-order valence-corrected chi connectivity index (χ3v) is 1.96. The molecule has 17 heavy (non-hydrogen) atoms. The lowest BCUT2D eigenvalue weighted by atomic mass is 10.2. The Bertz CT molecular complexity index is 394. The number of carbonyl (C=O) groups is 1. The number of amides is 1. The fourth-order valence-electron chi connectivity index (χ4n) is 1.29. The maximum absolute atomic E-state index is 13.6. The van der Waals surface area contributed by atoms with Crippen molar-refractivity contribution in [2.24, 2.45) is 5.73 Å². The van der Waals surface area contributed by atoms with E-state index in [1.54, 1.807) is 6.07 Å². The molecule has 0 atom stereocenters. The highest BCUT2D eigenvalue weighted by Crippen LogP contribution is 2.21. The fourth-order valence-corrected chi connectivity index (χ4v) is 1.29. The van der Waals surface area contributed by atoms with Gasteiger partial charge in [0.25, 0.3) is 0 Å². The summed E-state index contributed by atoms with van der Waals surface area (Å²) in [7, 11) is 0. The fraction of sp³-hybridized carbons (Fsp3) is 0.417. The summed E-state index contributed by atoms with van der Waals surface area (Å²) in [5.74, 6) is -0.383. The number of benzene rings is 1. The number of hydrogen-bond acceptors (Lipinski definition) is 3. The Labute approximate surface area is 100.0 Å². The molecule has 0 aliphatic rings. The van der Waals surface area contributed by atoms with E-state index in [4.69, 9.17) is 10.5 Å². The van der Waals surface area contributed by atoms with Crippen LogP contribution in [0.15, 0.2) is 18.2 Å². The smallest absolute Gasteiger partial charge is 0.225 e. The molecule has 0 aliphatic carbocycles. The van der Waals surface area contributed by atoms with Crippen molar-refractivity contribution < 1.29 is 13.9 Å². The molecule has 1 amide bonds. The SMILES string of the molecule is CC(C)Oc1ccc(NC(=O)CCN)c(F)c1. The first kappa shape index (κ1) is 13.4. The van der Waals surface area contributed by atoms with Crippen LogP contribution in [-0.2, 0) is 4.79 Å². The summed E-state index contributed by atoms with van der Waals surface area (Å²) in [6, 6.07) is 4.33. The molecule has 94 valence electrons. The number of anilines is 1. The molecule has 1 rings (SSSR count). The number of ether oxygens (including phenoxy) is 1. The van der Waals surface area contributed by atoms with E-state index in [2.05, 4.69) is 5.32 Å². The minimum absolute atomic E-state index is 0.0212. The first-order chi connectivity index (χ1) is 8.02. The summed E-state index contributed by atoms with van der Waals surface area (Å²) in [4.78, 5) is 11.2. The molecule has 3 N–H and O–H groups in total. The van der Waals surface area contributed by atoms with Gasteiger partial charge >= 0.3 is 0 Å². The maximum Gasteiger partial charge on any atom is 0.225 e. The van der Waals surface area contributed by atoms with Gasteiger partial charge in [0.05, 0.1) is 11.8 Å². The molecule has 0 bridgehead atoms. The van der Waals surface area contributed by atoms with Gasteiger partial charge in [-0.05, 0) is 26.0 Å². The van der Waals surface area contributed by atoms with Gasteiger partial charge in [0.1, 0.15) is 11.6 Å². The van der Waals surface area contributed by atoms with Gasteiger partial charge in [0, 0.05) is 19.0 Å². The summed E-state index contributed by atoms with van der Waals surface area (Å²) in [6.45, 7) is 3.95. The minimum Gasteiger partial charge on any atom is -0.491 e. The molecule has 0 heterocycles. The van der Waals surface area contributed by atoms with E-state index < -0.39 is 5.82 Å². The van der Waals surface area contributed by atoms with Gasteiger partial charge in [-0.15, -0.1) is 0 Å². The maximum atomic E-state index is 13.6. The monoisotopic (exact) mass is 240 g/mol. The second kappa shape index (κ2) is 6.20. The van der Waals surface area contributed by atoms with E-state index in [0.29, 0.717) is 5.75 Å². The van der Waals surface area contributed by atoms with E-state index in [-0.39, 0.29) is 30.7 Å². The second-order valence-corrected chi connectivity index (χ2v) is 3.90. The van der Waals surface area contributed by atoms with Gasteiger partial charge in [0.15, 0.2) is 0 Å². The predicted molar refractivity (Wildman–Crippen MR) is 64.5 cm³/mol. The van der Waals surface area contributed by atoms with Gasteiger partial charge in [-0.1, -0.05) is 0 Å². The summed E-state index contributed by atoms with van der Waals surface area (Å²) in [6.07, 6.45) is 0.149. The Morgan fingerprint density at radius 3 is 2.76 bits per heavy atom. The van der Waals surface area contributed by atoms with Crippen molar-refractivity contribution >= 4 is 11.6 Å². The number of halogens is 1. The molecule has 0 aromatic heterocycles. The molecule has 0 radical (unpaired) electrons. The van der Waals surface area contributed by atoms with Gasteiger partial charge < -0.3 is 15.8 Å². The Kier molecular flexibility index (Phi) is 4.90. The third-order valence-electron chi connectivity index (χ3n) is 1.96. The van der Waals surface area contributed by atoms with E-state index in [0.717, 1.165) is 0 Å². The summed E-state index contributed by atoms with van der Waals surface area (Å²) in [5, 5.41) is 2.44. The molecule has 1 aromatic rings. The lowest BCUT2D eigenvalue weighted by Gasteiger charge is -2.11. The lowest BCUT2D eigenvalue weighted by molar-refractivity contribution is -0.116. The minimum atomic E-state index is -0.520. The van der Waals surface area contributed by atoms with Crippen molar-refractivity contribution in [1.29, 1.82) is 0 Å². The summed E-state index contributed by atoms with van der Waals surface area (Å²) >= 11 is 0. The third kappa shape index (κ3) is 4.40. The number of hydrogen-bond donors (Lipinski definition) is 2. The average molecular weight is 240 g/mol. The van der Waals surface area contributed by atoms with Gasteiger partial charge in [-0.3, -0.25) is 4.79 Å². The zero-order chi connectivity index (χ0) is 12.8. The van der Waals surface area contributed by atoms with Gasteiger partial charge in [-0.25, -0.2) is 4.39 Å². The Balaban J connectivity index is 2.72. The number of rotatable bonds is 5. The van der Waals surface area contributed by atoms with Crippen LogP contribution in [0.1, 0.15) is 20.3 Å². The molecule has 1 aromatic carbocycles. The molecular weight excluding hydrogens is 223 g/mol. The zero-order valence-corrected chi connectivity index (χ0v) is 10.00. The topological polar surface area (TPSA) is 64.3 Å².